The van der Waals surface area contributed by atoms with Crippen LogP contribution in [0, 0.1) is 13.8 Å². The first-order valence-electron chi connectivity index (χ1n) is 8.44. The van der Waals surface area contributed by atoms with E-state index in [9.17, 15) is 4.79 Å². The monoisotopic (exact) mass is 389 g/mol. The average Bonchev–Trinajstić information content (AvgIpc) is 2.92. The molecule has 3 rings (SSSR count). The molecule has 24 heavy (non-hydrogen) atoms. The minimum atomic E-state index is 0.138. The Balaban J connectivity index is 1.50. The van der Waals surface area contributed by atoms with Crippen LogP contribution in [0.1, 0.15) is 21.7 Å². The van der Waals surface area contributed by atoms with Crippen LogP contribution in [0.25, 0.3) is 0 Å². The van der Waals surface area contributed by atoms with Crippen LogP contribution < -0.4 is 0 Å². The van der Waals surface area contributed by atoms with Crippen LogP contribution in [0.2, 0.25) is 0 Å². The number of hydrogen-bond donors (Lipinski definition) is 0. The van der Waals surface area contributed by atoms with Gasteiger partial charge in [0, 0.05) is 60.7 Å². The number of halogens is 1. The van der Waals surface area contributed by atoms with Gasteiger partial charge in [0.15, 0.2) is 0 Å². The van der Waals surface area contributed by atoms with Gasteiger partial charge in [-0.15, -0.1) is 0 Å². The summed E-state index contributed by atoms with van der Waals surface area (Å²) >= 11 is 3.41. The van der Waals surface area contributed by atoms with Gasteiger partial charge in [0.1, 0.15) is 0 Å². The summed E-state index contributed by atoms with van der Waals surface area (Å²) in [6, 6.07) is 12.0. The third-order valence-electron chi connectivity index (χ3n) is 4.81. The molecule has 0 bridgehead atoms. The Morgan fingerprint density at radius 1 is 0.917 bits per heavy atom. The summed E-state index contributed by atoms with van der Waals surface area (Å²) in [5, 5.41) is 0. The standard InChI is InChI=1S/C19H24BrN3O/c1-15-3-4-16(2)23(15)14-11-21-9-12-22(13-10-21)19(24)17-5-7-18(20)8-6-17/h3-8H,9-14H2,1-2H3. The summed E-state index contributed by atoms with van der Waals surface area (Å²) in [7, 11) is 0. The largest absolute Gasteiger partial charge is 0.348 e. The Morgan fingerprint density at radius 2 is 1.50 bits per heavy atom. The van der Waals surface area contributed by atoms with Crippen LogP contribution in [0.4, 0.5) is 0 Å². The molecule has 1 aromatic heterocycles. The van der Waals surface area contributed by atoms with E-state index in [1.807, 2.05) is 29.2 Å². The second-order valence-corrected chi connectivity index (χ2v) is 7.32. The topological polar surface area (TPSA) is 28.5 Å². The van der Waals surface area contributed by atoms with E-state index in [4.69, 9.17) is 0 Å². The second-order valence-electron chi connectivity index (χ2n) is 6.41. The van der Waals surface area contributed by atoms with Gasteiger partial charge in [-0.3, -0.25) is 9.69 Å². The van der Waals surface area contributed by atoms with Gasteiger partial charge < -0.3 is 9.47 Å². The first kappa shape index (κ1) is 17.2. The minimum Gasteiger partial charge on any atom is -0.348 e. The van der Waals surface area contributed by atoms with E-state index in [1.165, 1.54) is 11.4 Å². The summed E-state index contributed by atoms with van der Waals surface area (Å²) in [4.78, 5) is 17.0. The van der Waals surface area contributed by atoms with Gasteiger partial charge in [0.05, 0.1) is 0 Å². The summed E-state index contributed by atoms with van der Waals surface area (Å²) in [5.74, 6) is 0.138. The van der Waals surface area contributed by atoms with Crippen molar-refractivity contribution in [3.8, 4) is 0 Å². The van der Waals surface area contributed by atoms with Gasteiger partial charge in [-0.1, -0.05) is 15.9 Å². The Kier molecular flexibility index (Phi) is 5.41. The van der Waals surface area contributed by atoms with E-state index in [2.05, 4.69) is 51.4 Å². The van der Waals surface area contributed by atoms with Gasteiger partial charge in [0.2, 0.25) is 0 Å². The van der Waals surface area contributed by atoms with E-state index in [0.29, 0.717) is 0 Å². The van der Waals surface area contributed by atoms with Crippen LogP contribution in [-0.4, -0.2) is 53.0 Å². The van der Waals surface area contributed by atoms with Crippen molar-refractivity contribution in [2.24, 2.45) is 0 Å². The maximum atomic E-state index is 12.5. The number of piperazine rings is 1. The highest BCUT2D eigenvalue weighted by atomic mass is 79.9. The first-order valence-corrected chi connectivity index (χ1v) is 9.24. The first-order chi connectivity index (χ1) is 11.5. The highest BCUT2D eigenvalue weighted by molar-refractivity contribution is 9.10. The van der Waals surface area contributed by atoms with E-state index in [0.717, 1.165) is 49.3 Å². The lowest BCUT2D eigenvalue weighted by Gasteiger charge is -2.35. The summed E-state index contributed by atoms with van der Waals surface area (Å²) in [6.07, 6.45) is 0. The molecule has 1 aliphatic heterocycles. The molecule has 0 saturated carbocycles. The molecule has 128 valence electrons. The quantitative estimate of drug-likeness (QED) is 0.802. The van der Waals surface area contributed by atoms with Gasteiger partial charge in [-0.05, 0) is 50.2 Å². The van der Waals surface area contributed by atoms with Gasteiger partial charge >= 0.3 is 0 Å². The maximum Gasteiger partial charge on any atom is 0.253 e. The SMILES string of the molecule is Cc1ccc(C)n1CCN1CCN(C(=O)c2ccc(Br)cc2)CC1. The van der Waals surface area contributed by atoms with Crippen LogP contribution in [0.5, 0.6) is 0 Å². The van der Waals surface area contributed by atoms with Crippen LogP contribution >= 0.6 is 15.9 Å². The molecular formula is C19H24BrN3O. The average molecular weight is 390 g/mol. The number of benzene rings is 1. The fraction of sp³-hybridized carbons (Fsp3) is 0.421. The number of carbonyl (C=O) groups is 1. The molecule has 1 aromatic carbocycles. The smallest absolute Gasteiger partial charge is 0.253 e. The number of amides is 1. The zero-order valence-corrected chi connectivity index (χ0v) is 15.9. The van der Waals surface area contributed by atoms with Crippen molar-refractivity contribution in [3.05, 3.63) is 57.8 Å². The highest BCUT2D eigenvalue weighted by Crippen LogP contribution is 2.14. The van der Waals surface area contributed by atoms with Gasteiger partial charge in [-0.2, -0.15) is 0 Å². The van der Waals surface area contributed by atoms with Crippen molar-refractivity contribution in [1.29, 1.82) is 0 Å². The lowest BCUT2D eigenvalue weighted by molar-refractivity contribution is 0.0633. The molecule has 1 amide bonds. The number of nitrogens with zero attached hydrogens (tertiary/aromatic N) is 3. The molecule has 0 radical (unpaired) electrons. The molecular weight excluding hydrogens is 366 g/mol. The molecule has 1 fully saturated rings. The third kappa shape index (κ3) is 3.90. The molecule has 0 unspecified atom stereocenters. The highest BCUT2D eigenvalue weighted by Gasteiger charge is 2.22. The van der Waals surface area contributed by atoms with Crippen molar-refractivity contribution >= 4 is 21.8 Å². The Hall–Kier alpha value is -1.59. The summed E-state index contributed by atoms with van der Waals surface area (Å²) < 4.78 is 3.36. The molecule has 5 heteroatoms. The fourth-order valence-corrected chi connectivity index (χ4v) is 3.51. The Bertz CT molecular complexity index is 680. The van der Waals surface area contributed by atoms with E-state index in [1.54, 1.807) is 0 Å². The molecule has 2 heterocycles. The number of hydrogen-bond acceptors (Lipinski definition) is 2. The van der Waals surface area contributed by atoms with Crippen molar-refractivity contribution in [3.63, 3.8) is 0 Å². The molecule has 0 atom stereocenters. The van der Waals surface area contributed by atoms with Crippen molar-refractivity contribution in [1.82, 2.24) is 14.4 Å². The Morgan fingerprint density at radius 3 is 2.08 bits per heavy atom. The predicted molar refractivity (Wildman–Crippen MR) is 100 cm³/mol. The number of carbonyl (C=O) groups excluding carboxylic acids is 1. The zero-order chi connectivity index (χ0) is 17.1. The van der Waals surface area contributed by atoms with Crippen LogP contribution in [0.15, 0.2) is 40.9 Å². The lowest BCUT2D eigenvalue weighted by Crippen LogP contribution is -2.49. The summed E-state index contributed by atoms with van der Waals surface area (Å²) in [6.45, 7) is 9.87. The lowest BCUT2D eigenvalue weighted by atomic mass is 10.2. The second kappa shape index (κ2) is 7.53. The van der Waals surface area contributed by atoms with Crippen molar-refractivity contribution in [2.45, 2.75) is 20.4 Å². The zero-order valence-electron chi connectivity index (χ0n) is 14.3. The Labute approximate surface area is 152 Å². The molecule has 0 spiro atoms. The fourth-order valence-electron chi connectivity index (χ4n) is 3.24. The summed E-state index contributed by atoms with van der Waals surface area (Å²) in [5.41, 5.74) is 3.40. The van der Waals surface area contributed by atoms with E-state index >= 15 is 0 Å². The van der Waals surface area contributed by atoms with Crippen LogP contribution in [0.3, 0.4) is 0 Å². The van der Waals surface area contributed by atoms with E-state index in [-0.39, 0.29) is 5.91 Å². The van der Waals surface area contributed by atoms with Crippen molar-refractivity contribution < 1.29 is 4.79 Å². The molecule has 4 nitrogen and oxygen atoms in total. The maximum absolute atomic E-state index is 12.5. The molecule has 0 N–H and O–H groups in total. The number of aromatic nitrogens is 1. The van der Waals surface area contributed by atoms with Gasteiger partial charge in [-0.25, -0.2) is 0 Å². The van der Waals surface area contributed by atoms with Crippen molar-refractivity contribution in [2.75, 3.05) is 32.7 Å². The molecule has 2 aromatic rings. The van der Waals surface area contributed by atoms with Crippen LogP contribution in [-0.2, 0) is 6.54 Å². The molecule has 1 saturated heterocycles. The predicted octanol–water partition coefficient (Wildman–Crippen LogP) is 3.33. The number of aryl methyl sites for hydroxylation is 2. The third-order valence-corrected chi connectivity index (χ3v) is 5.34. The molecule has 0 aliphatic carbocycles. The molecule has 1 aliphatic rings. The minimum absolute atomic E-state index is 0.138. The number of rotatable bonds is 4. The normalized spacial score (nSPS) is 15.7. The van der Waals surface area contributed by atoms with Gasteiger partial charge in [0.25, 0.3) is 5.91 Å². The van der Waals surface area contributed by atoms with E-state index < -0.39 is 0 Å².